The maximum absolute atomic E-state index is 10.9. The van der Waals surface area contributed by atoms with Gasteiger partial charge in [0.1, 0.15) is 6.10 Å². The molecule has 0 saturated carbocycles. The zero-order valence-electron chi connectivity index (χ0n) is 12.4. The lowest BCUT2D eigenvalue weighted by atomic mass is 10.1. The third-order valence-corrected chi connectivity index (χ3v) is 2.84. The van der Waals surface area contributed by atoms with Gasteiger partial charge in [-0.2, -0.15) is 0 Å². The van der Waals surface area contributed by atoms with Crippen LogP contribution in [0.5, 0.6) is 0 Å². The molecule has 4 nitrogen and oxygen atoms in total. The number of aliphatic hydroxyl groups is 1. The topological polar surface area (TPSA) is 55.8 Å². The van der Waals surface area contributed by atoms with Crippen molar-refractivity contribution in [3.63, 3.8) is 0 Å². The van der Waals surface area contributed by atoms with Crippen LogP contribution in [0, 0.1) is 11.8 Å². The van der Waals surface area contributed by atoms with Gasteiger partial charge in [0, 0.05) is 12.8 Å². The molecule has 0 unspecified atom stereocenters. The maximum Gasteiger partial charge on any atom is 0.305 e. The number of carbonyl (C=O) groups is 1. The van der Waals surface area contributed by atoms with Crippen LogP contribution in [-0.2, 0) is 20.9 Å². The molecule has 4 heteroatoms. The first-order chi connectivity index (χ1) is 10.2. The highest BCUT2D eigenvalue weighted by atomic mass is 16.5. The zero-order chi connectivity index (χ0) is 15.3. The Morgan fingerprint density at radius 3 is 2.81 bits per heavy atom. The molecule has 0 amide bonds. The third kappa shape index (κ3) is 8.85. The van der Waals surface area contributed by atoms with E-state index in [1.165, 1.54) is 7.11 Å². The second kappa shape index (κ2) is 10.9. The maximum atomic E-state index is 10.9. The van der Waals surface area contributed by atoms with Crippen molar-refractivity contribution in [3.8, 4) is 11.8 Å². The fourth-order valence-electron chi connectivity index (χ4n) is 1.69. The van der Waals surface area contributed by atoms with Gasteiger partial charge in [-0.3, -0.25) is 4.79 Å². The van der Waals surface area contributed by atoms with E-state index in [4.69, 9.17) is 4.74 Å². The van der Waals surface area contributed by atoms with Crippen molar-refractivity contribution in [2.24, 2.45) is 0 Å². The SMILES string of the molecule is COC(=O)CCC[C@@H](O)C#CCCOCc1ccccc1. The van der Waals surface area contributed by atoms with Gasteiger partial charge in [-0.1, -0.05) is 42.2 Å². The molecule has 0 aliphatic heterocycles. The summed E-state index contributed by atoms with van der Waals surface area (Å²) >= 11 is 0. The largest absolute Gasteiger partial charge is 0.469 e. The van der Waals surface area contributed by atoms with E-state index < -0.39 is 6.10 Å². The minimum absolute atomic E-state index is 0.260. The van der Waals surface area contributed by atoms with E-state index in [1.807, 2.05) is 30.3 Å². The minimum atomic E-state index is -0.691. The first-order valence-electron chi connectivity index (χ1n) is 7.07. The van der Waals surface area contributed by atoms with Gasteiger partial charge in [-0.25, -0.2) is 0 Å². The van der Waals surface area contributed by atoms with Crippen LogP contribution in [0.2, 0.25) is 0 Å². The predicted molar refractivity (Wildman–Crippen MR) is 80.4 cm³/mol. The van der Waals surface area contributed by atoms with Crippen LogP contribution in [0.1, 0.15) is 31.2 Å². The Bertz CT molecular complexity index is 459. The highest BCUT2D eigenvalue weighted by molar-refractivity contribution is 5.68. The zero-order valence-corrected chi connectivity index (χ0v) is 12.4. The van der Waals surface area contributed by atoms with Crippen LogP contribution in [0.25, 0.3) is 0 Å². The Kier molecular flexibility index (Phi) is 8.94. The highest BCUT2D eigenvalue weighted by Gasteiger charge is 2.03. The summed E-state index contributed by atoms with van der Waals surface area (Å²) in [5.41, 5.74) is 1.13. The molecular formula is C17H22O4. The number of ether oxygens (including phenoxy) is 2. The summed E-state index contributed by atoms with van der Waals surface area (Å²) in [6.07, 6.45) is 1.26. The molecule has 0 saturated heterocycles. The van der Waals surface area contributed by atoms with Gasteiger partial charge in [0.25, 0.3) is 0 Å². The van der Waals surface area contributed by atoms with Gasteiger partial charge in [-0.15, -0.1) is 0 Å². The number of hydrogen-bond acceptors (Lipinski definition) is 4. The molecule has 0 bridgehead atoms. The standard InChI is InChI=1S/C17H22O4/c1-20-17(19)12-7-11-16(18)10-5-6-13-21-14-15-8-3-2-4-9-15/h2-4,8-9,16,18H,6-7,11-14H2,1H3/t16-/m0/s1. The number of benzene rings is 1. The predicted octanol–water partition coefficient (Wildman–Crippen LogP) is 2.30. The van der Waals surface area contributed by atoms with Gasteiger partial charge in [-0.05, 0) is 18.4 Å². The first-order valence-corrected chi connectivity index (χ1v) is 7.07. The Balaban J connectivity index is 2.05. The summed E-state index contributed by atoms with van der Waals surface area (Å²) in [6, 6.07) is 9.94. The number of hydrogen-bond donors (Lipinski definition) is 1. The second-order valence-corrected chi connectivity index (χ2v) is 4.59. The molecule has 114 valence electrons. The normalized spacial score (nSPS) is 11.3. The van der Waals surface area contributed by atoms with E-state index in [0.29, 0.717) is 38.9 Å². The number of rotatable bonds is 8. The lowest BCUT2D eigenvalue weighted by molar-refractivity contribution is -0.140. The Hall–Kier alpha value is -1.83. The molecule has 0 heterocycles. The highest BCUT2D eigenvalue weighted by Crippen LogP contribution is 2.02. The molecule has 0 fully saturated rings. The monoisotopic (exact) mass is 290 g/mol. The van der Waals surface area contributed by atoms with Gasteiger partial charge >= 0.3 is 5.97 Å². The average molecular weight is 290 g/mol. The molecule has 0 radical (unpaired) electrons. The van der Waals surface area contributed by atoms with E-state index in [0.717, 1.165) is 5.56 Å². The Morgan fingerprint density at radius 1 is 1.33 bits per heavy atom. The van der Waals surface area contributed by atoms with Gasteiger partial charge in [0.05, 0.1) is 20.3 Å². The Morgan fingerprint density at radius 2 is 2.10 bits per heavy atom. The fourth-order valence-corrected chi connectivity index (χ4v) is 1.69. The number of esters is 1. The van der Waals surface area contributed by atoms with Crippen LogP contribution in [-0.4, -0.2) is 30.9 Å². The molecular weight excluding hydrogens is 268 g/mol. The molecule has 0 aliphatic carbocycles. The number of aliphatic hydroxyl groups excluding tert-OH is 1. The quantitative estimate of drug-likeness (QED) is 0.453. The molecule has 1 rings (SSSR count). The average Bonchev–Trinajstić information content (AvgIpc) is 2.51. The van der Waals surface area contributed by atoms with E-state index in [9.17, 15) is 9.90 Å². The van der Waals surface area contributed by atoms with Gasteiger partial charge < -0.3 is 14.6 Å². The van der Waals surface area contributed by atoms with Crippen molar-refractivity contribution < 1.29 is 19.4 Å². The van der Waals surface area contributed by atoms with E-state index >= 15 is 0 Å². The lowest BCUT2D eigenvalue weighted by Crippen LogP contribution is -2.06. The van der Waals surface area contributed by atoms with Crippen LogP contribution in [0.4, 0.5) is 0 Å². The van der Waals surface area contributed by atoms with Crippen molar-refractivity contribution >= 4 is 5.97 Å². The molecule has 1 atom stereocenters. The van der Waals surface area contributed by atoms with E-state index in [2.05, 4.69) is 16.6 Å². The van der Waals surface area contributed by atoms with Crippen molar-refractivity contribution in [1.82, 2.24) is 0 Å². The van der Waals surface area contributed by atoms with Crippen molar-refractivity contribution in [2.45, 2.75) is 38.4 Å². The molecule has 21 heavy (non-hydrogen) atoms. The summed E-state index contributed by atoms with van der Waals surface area (Å²) in [5.74, 6) is 5.37. The number of carbonyl (C=O) groups excluding carboxylic acids is 1. The Labute approximate surface area is 126 Å². The molecule has 1 aromatic rings. The van der Waals surface area contributed by atoms with Gasteiger partial charge in [0.15, 0.2) is 0 Å². The van der Waals surface area contributed by atoms with Crippen LogP contribution >= 0.6 is 0 Å². The first kappa shape index (κ1) is 17.2. The molecule has 0 aliphatic rings. The van der Waals surface area contributed by atoms with E-state index in [1.54, 1.807) is 0 Å². The third-order valence-electron chi connectivity index (χ3n) is 2.84. The summed E-state index contributed by atoms with van der Waals surface area (Å²) < 4.78 is 10.0. The summed E-state index contributed by atoms with van der Waals surface area (Å²) in [5, 5.41) is 9.60. The van der Waals surface area contributed by atoms with E-state index in [-0.39, 0.29) is 5.97 Å². The lowest BCUT2D eigenvalue weighted by Gasteiger charge is -2.03. The minimum Gasteiger partial charge on any atom is -0.469 e. The molecule has 1 N–H and O–H groups in total. The van der Waals surface area contributed by atoms with Crippen LogP contribution < -0.4 is 0 Å². The van der Waals surface area contributed by atoms with Crippen molar-refractivity contribution in [2.75, 3.05) is 13.7 Å². The van der Waals surface area contributed by atoms with Crippen molar-refractivity contribution in [1.29, 1.82) is 0 Å². The summed E-state index contributed by atoms with van der Waals surface area (Å²) in [7, 11) is 1.36. The van der Waals surface area contributed by atoms with Gasteiger partial charge in [0.2, 0.25) is 0 Å². The summed E-state index contributed by atoms with van der Waals surface area (Å²) in [6.45, 7) is 1.11. The van der Waals surface area contributed by atoms with Crippen molar-refractivity contribution in [3.05, 3.63) is 35.9 Å². The molecule has 0 aromatic heterocycles. The second-order valence-electron chi connectivity index (χ2n) is 4.59. The van der Waals surface area contributed by atoms with Crippen LogP contribution in [0.15, 0.2) is 30.3 Å². The van der Waals surface area contributed by atoms with Crippen LogP contribution in [0.3, 0.4) is 0 Å². The molecule has 1 aromatic carbocycles. The summed E-state index contributed by atoms with van der Waals surface area (Å²) in [4.78, 5) is 10.9. The fraction of sp³-hybridized carbons (Fsp3) is 0.471. The number of methoxy groups -OCH3 is 1. The smallest absolute Gasteiger partial charge is 0.305 e. The molecule has 0 spiro atoms.